The first-order valence-corrected chi connectivity index (χ1v) is 23.6. The Labute approximate surface area is 422 Å². The van der Waals surface area contributed by atoms with E-state index < -0.39 is 109 Å². The second-order valence-corrected chi connectivity index (χ2v) is 16.6. The summed E-state index contributed by atoms with van der Waals surface area (Å²) in [6.07, 6.45) is -1.47. The van der Waals surface area contributed by atoms with Crippen molar-refractivity contribution in [3.63, 3.8) is 0 Å². The third kappa shape index (κ3) is 24.5. The van der Waals surface area contributed by atoms with Gasteiger partial charge < -0.3 is 106 Å². The summed E-state index contributed by atoms with van der Waals surface area (Å²) in [5.41, 5.74) is 22.0. The predicted octanol–water partition coefficient (Wildman–Crippen LogP) is -3.51. The Bertz CT molecular complexity index is 1880. The van der Waals surface area contributed by atoms with Gasteiger partial charge in [-0.15, -0.1) is 6.42 Å². The number of aliphatic hydroxyl groups is 4. The second-order valence-electron chi connectivity index (χ2n) is 16.6. The number of guanidine groups is 2. The van der Waals surface area contributed by atoms with E-state index in [9.17, 15) is 54.6 Å². The van der Waals surface area contributed by atoms with Crippen LogP contribution in [0.2, 0.25) is 0 Å². The number of carboxylic acid groups (broad SMARTS) is 2. The molecule has 2 amide bonds. The standard InChI is InChI=1S/C45H74N8O20/c1-4-13-65-17-19-68-21-22-69-20-18-66-14-9-35(57)53(11-7-5-6-8-36(58)73-40(31(55)25-54)39-28(3)30(52-44(48)49)24-34(72-39)42(62)63)12-16-67-15-10-50-45(64)70-26-32(56)37(59)38-27(2)29(51-43(46)47)23-33(71-38)41(60)61/h1,23-24,27-32,37-40,54-56,59H,5-22,25-26H2,2-3H3,(H,50,64)(H,60,61)(H,62,63)(H4,46,47,51)(H4,48,49,52)/t27-,28-,29+,30+,31-,32-,37-,38-,39-,40?/m1/s1. The molecule has 0 saturated carbocycles. The first kappa shape index (κ1) is 63.1. The van der Waals surface area contributed by atoms with Crippen LogP contribution in [0.15, 0.2) is 33.7 Å². The van der Waals surface area contributed by atoms with Gasteiger partial charge in [-0.1, -0.05) is 26.2 Å². The van der Waals surface area contributed by atoms with Crippen molar-refractivity contribution in [2.45, 2.75) is 94.7 Å². The number of carbonyl (C=O) groups excluding carboxylic acids is 3. The number of nitrogens with zero attached hydrogens (tertiary/aromatic N) is 3. The van der Waals surface area contributed by atoms with Gasteiger partial charge in [-0.2, -0.15) is 0 Å². The summed E-state index contributed by atoms with van der Waals surface area (Å²) in [5.74, 6) is -4.67. The monoisotopic (exact) mass is 1050 g/mol. The third-order valence-corrected chi connectivity index (χ3v) is 11.0. The Balaban J connectivity index is 1.89. The van der Waals surface area contributed by atoms with Crippen molar-refractivity contribution in [1.82, 2.24) is 10.2 Å². The molecule has 414 valence electrons. The Morgan fingerprint density at radius 2 is 1.26 bits per heavy atom. The lowest BCUT2D eigenvalue weighted by atomic mass is 9.87. The van der Waals surface area contributed by atoms with Crippen molar-refractivity contribution in [3.8, 4) is 12.3 Å². The lowest BCUT2D eigenvalue weighted by molar-refractivity contribution is -0.176. The molecule has 0 bridgehead atoms. The number of rotatable bonds is 37. The van der Waals surface area contributed by atoms with Gasteiger partial charge in [-0.05, 0) is 25.0 Å². The molecule has 0 aliphatic carbocycles. The van der Waals surface area contributed by atoms with Crippen molar-refractivity contribution in [2.75, 3.05) is 98.9 Å². The van der Waals surface area contributed by atoms with Crippen LogP contribution >= 0.6 is 0 Å². The number of nitrogens with one attached hydrogen (secondary N) is 1. The van der Waals surface area contributed by atoms with Gasteiger partial charge in [0, 0.05) is 37.9 Å². The van der Waals surface area contributed by atoms with Crippen molar-refractivity contribution in [1.29, 1.82) is 0 Å². The molecule has 1 unspecified atom stereocenters. The Morgan fingerprint density at radius 1 is 0.726 bits per heavy atom. The molecule has 15 N–H and O–H groups in total. The minimum Gasteiger partial charge on any atom is -0.480 e. The number of ether oxygens (including phenoxy) is 9. The molecular formula is C45H74N8O20. The van der Waals surface area contributed by atoms with Crippen LogP contribution in [0.3, 0.4) is 0 Å². The topological polar surface area (TPSA) is 434 Å². The van der Waals surface area contributed by atoms with Crippen molar-refractivity contribution < 1.29 is 97.2 Å². The van der Waals surface area contributed by atoms with Crippen LogP contribution in [0.4, 0.5) is 4.79 Å². The fourth-order valence-electron chi connectivity index (χ4n) is 7.16. The number of aliphatic hydroxyl groups excluding tert-OH is 4. The first-order chi connectivity index (χ1) is 34.8. The number of hydrogen-bond donors (Lipinski definition) is 11. The van der Waals surface area contributed by atoms with Crippen LogP contribution in [-0.4, -0.2) is 225 Å². The zero-order valence-corrected chi connectivity index (χ0v) is 41.2. The number of terminal acetylenes is 1. The summed E-state index contributed by atoms with van der Waals surface area (Å²) in [6, 6.07) is -1.79. The van der Waals surface area contributed by atoms with Gasteiger partial charge in [-0.25, -0.2) is 24.4 Å². The molecule has 0 spiro atoms. The van der Waals surface area contributed by atoms with E-state index in [0.29, 0.717) is 45.7 Å². The largest absolute Gasteiger partial charge is 0.480 e. The molecule has 0 aromatic rings. The van der Waals surface area contributed by atoms with Gasteiger partial charge in [-0.3, -0.25) is 9.59 Å². The highest BCUT2D eigenvalue weighted by Crippen LogP contribution is 2.31. The lowest BCUT2D eigenvalue weighted by Crippen LogP contribution is -2.51. The number of amides is 2. The number of unbranched alkanes of at least 4 members (excludes halogenated alkanes) is 2. The maximum absolute atomic E-state index is 13.3. The van der Waals surface area contributed by atoms with Crippen molar-refractivity contribution >= 4 is 41.8 Å². The molecule has 73 heavy (non-hydrogen) atoms. The van der Waals surface area contributed by atoms with Gasteiger partial charge in [0.1, 0.15) is 43.7 Å². The highest BCUT2D eigenvalue weighted by molar-refractivity contribution is 5.85. The Morgan fingerprint density at radius 3 is 1.81 bits per heavy atom. The van der Waals surface area contributed by atoms with Gasteiger partial charge in [0.2, 0.25) is 17.4 Å². The van der Waals surface area contributed by atoms with Gasteiger partial charge in [0.05, 0.1) is 84.6 Å². The van der Waals surface area contributed by atoms with Crippen LogP contribution in [0.25, 0.3) is 0 Å². The number of hydrogen-bond acceptors (Lipinski definition) is 20. The molecule has 2 aliphatic heterocycles. The molecule has 0 aromatic heterocycles. The highest BCUT2D eigenvalue weighted by Gasteiger charge is 2.44. The van der Waals surface area contributed by atoms with E-state index in [1.54, 1.807) is 18.7 Å². The normalized spacial score (nSPS) is 20.9. The number of aliphatic carboxylic acids is 2. The van der Waals surface area contributed by atoms with Crippen LogP contribution < -0.4 is 28.3 Å². The zero-order valence-electron chi connectivity index (χ0n) is 41.2. The minimum absolute atomic E-state index is 0.0124. The van der Waals surface area contributed by atoms with E-state index in [2.05, 4.69) is 21.2 Å². The van der Waals surface area contributed by atoms with E-state index in [1.807, 2.05) is 0 Å². The number of carboxylic acids is 2. The summed E-state index contributed by atoms with van der Waals surface area (Å²) < 4.78 is 48.7. The molecule has 10 atom stereocenters. The van der Waals surface area contributed by atoms with Crippen molar-refractivity contribution in [2.24, 2.45) is 44.8 Å². The van der Waals surface area contributed by atoms with Crippen molar-refractivity contribution in [3.05, 3.63) is 23.7 Å². The quantitative estimate of drug-likeness (QED) is 0.00945. The van der Waals surface area contributed by atoms with Crippen LogP contribution in [0.1, 0.15) is 46.0 Å². The highest BCUT2D eigenvalue weighted by atomic mass is 16.6. The summed E-state index contributed by atoms with van der Waals surface area (Å²) in [6.45, 7) is 4.26. The summed E-state index contributed by atoms with van der Waals surface area (Å²) in [7, 11) is 0. The number of esters is 1. The Kier molecular flexibility index (Phi) is 30.4. The van der Waals surface area contributed by atoms with Crippen LogP contribution in [0, 0.1) is 24.2 Å². The molecule has 2 aliphatic rings. The summed E-state index contributed by atoms with van der Waals surface area (Å²) >= 11 is 0. The van der Waals surface area contributed by atoms with E-state index in [4.69, 9.17) is 72.0 Å². The first-order valence-electron chi connectivity index (χ1n) is 23.6. The average Bonchev–Trinajstić information content (AvgIpc) is 3.34. The van der Waals surface area contributed by atoms with Crippen LogP contribution in [0.5, 0.6) is 0 Å². The summed E-state index contributed by atoms with van der Waals surface area (Å²) in [5, 5.41) is 63.2. The minimum atomic E-state index is -1.71. The van der Waals surface area contributed by atoms with Gasteiger partial charge >= 0.3 is 24.0 Å². The maximum atomic E-state index is 13.3. The van der Waals surface area contributed by atoms with E-state index in [1.165, 1.54) is 12.2 Å². The molecule has 0 saturated heterocycles. The maximum Gasteiger partial charge on any atom is 0.407 e. The molecular weight excluding hydrogens is 973 g/mol. The molecule has 0 aromatic carbocycles. The fourth-order valence-corrected chi connectivity index (χ4v) is 7.16. The molecule has 0 fully saturated rings. The van der Waals surface area contributed by atoms with E-state index >= 15 is 0 Å². The molecule has 2 heterocycles. The molecule has 28 heteroatoms. The SMILES string of the molecule is C#CCOCCOCCOCCOCCC(=O)N(CCCCCC(=O)OC([C@H](O)CO)[C@@H]1OC(C(=O)O)=C[C@H](N=C(N)N)[C@H]1C)CCOCCNC(=O)OC[C@@H](O)[C@@H](O)[C@@H]1OC(C(=O)O)=C[C@H](N=C(N)N)[C@H]1C. The predicted molar refractivity (Wildman–Crippen MR) is 256 cm³/mol. The zero-order chi connectivity index (χ0) is 54.3. The lowest BCUT2D eigenvalue weighted by Gasteiger charge is -2.38. The smallest absolute Gasteiger partial charge is 0.407 e. The van der Waals surface area contributed by atoms with E-state index in [-0.39, 0.29) is 89.9 Å². The second kappa shape index (κ2) is 35.2. The number of alkyl carbamates (subject to hydrolysis) is 1. The molecule has 28 nitrogen and oxygen atoms in total. The molecule has 2 rings (SSSR count). The van der Waals surface area contributed by atoms with Gasteiger partial charge in [0.15, 0.2) is 18.0 Å². The molecule has 0 radical (unpaired) electrons. The van der Waals surface area contributed by atoms with Crippen LogP contribution in [-0.2, 0) is 61.8 Å². The van der Waals surface area contributed by atoms with E-state index in [0.717, 1.165) is 0 Å². The fraction of sp³-hybridized carbons (Fsp3) is 0.711. The third-order valence-electron chi connectivity index (χ3n) is 11.0. The Hall–Kier alpha value is -6.03. The number of aliphatic imine (C=N–C) groups is 2. The average molecular weight is 1050 g/mol. The number of nitrogens with two attached hydrogens (primary N) is 4. The van der Waals surface area contributed by atoms with Gasteiger partial charge in [0.25, 0.3) is 0 Å². The summed E-state index contributed by atoms with van der Waals surface area (Å²) in [4.78, 5) is 71.7. The number of carbonyl (C=O) groups is 5.